The van der Waals surface area contributed by atoms with E-state index in [1.165, 1.54) is 6.42 Å². The number of nitrogen functional groups attached to an aromatic ring is 1. The highest BCUT2D eigenvalue weighted by Crippen LogP contribution is 2.33. The topological polar surface area (TPSA) is 88.4 Å². The fourth-order valence-corrected chi connectivity index (χ4v) is 2.28. The van der Waals surface area contributed by atoms with E-state index in [1.54, 1.807) is 18.2 Å². The van der Waals surface area contributed by atoms with Crippen molar-refractivity contribution in [3.63, 3.8) is 0 Å². The van der Waals surface area contributed by atoms with Crippen LogP contribution in [0.4, 0.5) is 11.6 Å². The van der Waals surface area contributed by atoms with E-state index in [-0.39, 0.29) is 5.75 Å². The average Bonchev–Trinajstić information content (AvgIpc) is 2.92. The maximum Gasteiger partial charge on any atom is 0.266 e. The van der Waals surface area contributed by atoms with E-state index >= 15 is 0 Å². The SMILES string of the molecule is Nc1cccc(-c2nc(N3CCCCC3)no2)c1O. The van der Waals surface area contributed by atoms with Crippen molar-refractivity contribution >= 4 is 11.6 Å². The minimum absolute atomic E-state index is 0.0173. The molecule has 1 aromatic heterocycles. The molecule has 3 rings (SSSR count). The zero-order chi connectivity index (χ0) is 13.2. The van der Waals surface area contributed by atoms with Crippen LogP contribution in [-0.4, -0.2) is 28.3 Å². The molecule has 6 heteroatoms. The van der Waals surface area contributed by atoms with Crippen LogP contribution in [0.5, 0.6) is 5.75 Å². The normalized spacial score (nSPS) is 15.7. The smallest absolute Gasteiger partial charge is 0.266 e. The summed E-state index contributed by atoms with van der Waals surface area (Å²) in [7, 11) is 0. The van der Waals surface area contributed by atoms with Gasteiger partial charge in [0, 0.05) is 13.1 Å². The minimum Gasteiger partial charge on any atom is -0.505 e. The number of phenolic OH excluding ortho intramolecular Hbond substituents is 1. The van der Waals surface area contributed by atoms with Gasteiger partial charge in [0.2, 0.25) is 0 Å². The lowest BCUT2D eigenvalue weighted by molar-refractivity contribution is 0.421. The number of aromatic nitrogens is 2. The summed E-state index contributed by atoms with van der Waals surface area (Å²) in [4.78, 5) is 6.44. The molecular formula is C13H16N4O2. The van der Waals surface area contributed by atoms with Crippen LogP contribution in [0.2, 0.25) is 0 Å². The van der Waals surface area contributed by atoms with Crippen molar-refractivity contribution in [2.45, 2.75) is 19.3 Å². The number of hydrogen-bond donors (Lipinski definition) is 2. The van der Waals surface area contributed by atoms with E-state index in [0.717, 1.165) is 25.9 Å². The van der Waals surface area contributed by atoms with Crippen LogP contribution in [0.15, 0.2) is 22.7 Å². The Morgan fingerprint density at radius 2 is 2.00 bits per heavy atom. The monoisotopic (exact) mass is 260 g/mol. The number of rotatable bonds is 2. The molecule has 1 aliphatic rings. The Balaban J connectivity index is 1.90. The summed E-state index contributed by atoms with van der Waals surface area (Å²) < 4.78 is 5.22. The highest BCUT2D eigenvalue weighted by atomic mass is 16.5. The number of hydrogen-bond acceptors (Lipinski definition) is 6. The third-order valence-electron chi connectivity index (χ3n) is 3.35. The van der Waals surface area contributed by atoms with Gasteiger partial charge in [-0.25, -0.2) is 0 Å². The predicted octanol–water partition coefficient (Wildman–Crippen LogP) is 2.01. The zero-order valence-corrected chi connectivity index (χ0v) is 10.5. The Morgan fingerprint density at radius 1 is 1.21 bits per heavy atom. The number of nitrogens with zero attached hydrogens (tertiary/aromatic N) is 3. The van der Waals surface area contributed by atoms with Crippen molar-refractivity contribution in [1.29, 1.82) is 0 Å². The second-order valence-electron chi connectivity index (χ2n) is 4.69. The molecule has 0 spiro atoms. The standard InChI is InChI=1S/C13H16N4O2/c14-10-6-4-5-9(11(10)18)12-15-13(16-19-12)17-7-2-1-3-8-17/h4-6,18H,1-3,7-8,14H2. The van der Waals surface area contributed by atoms with Crippen molar-refractivity contribution in [1.82, 2.24) is 10.1 Å². The van der Waals surface area contributed by atoms with Crippen LogP contribution < -0.4 is 10.6 Å². The zero-order valence-electron chi connectivity index (χ0n) is 10.5. The first-order valence-electron chi connectivity index (χ1n) is 6.42. The first-order chi connectivity index (χ1) is 9.25. The van der Waals surface area contributed by atoms with Gasteiger partial charge in [0.05, 0.1) is 11.3 Å². The summed E-state index contributed by atoms with van der Waals surface area (Å²) in [5.41, 5.74) is 6.43. The molecule has 1 aromatic carbocycles. The molecule has 1 aliphatic heterocycles. The molecular weight excluding hydrogens is 244 g/mol. The number of phenols is 1. The van der Waals surface area contributed by atoms with Gasteiger partial charge in [-0.05, 0) is 36.6 Å². The highest BCUT2D eigenvalue weighted by Gasteiger charge is 2.19. The van der Waals surface area contributed by atoms with Crippen molar-refractivity contribution in [2.24, 2.45) is 0 Å². The highest BCUT2D eigenvalue weighted by molar-refractivity contribution is 5.71. The number of nitrogens with two attached hydrogens (primary N) is 1. The second kappa shape index (κ2) is 4.79. The Labute approximate surface area is 110 Å². The molecule has 0 amide bonds. The predicted molar refractivity (Wildman–Crippen MR) is 71.9 cm³/mol. The number of anilines is 2. The maximum absolute atomic E-state index is 9.90. The van der Waals surface area contributed by atoms with Crippen molar-refractivity contribution < 1.29 is 9.63 Å². The molecule has 0 atom stereocenters. The molecule has 19 heavy (non-hydrogen) atoms. The van der Waals surface area contributed by atoms with E-state index in [1.807, 2.05) is 0 Å². The first-order valence-corrected chi connectivity index (χ1v) is 6.42. The van der Waals surface area contributed by atoms with Crippen LogP contribution in [0.3, 0.4) is 0 Å². The van der Waals surface area contributed by atoms with Gasteiger partial charge in [0.25, 0.3) is 11.8 Å². The molecule has 0 radical (unpaired) electrons. The maximum atomic E-state index is 9.90. The molecule has 100 valence electrons. The molecule has 1 saturated heterocycles. The van der Waals surface area contributed by atoms with E-state index in [0.29, 0.717) is 23.1 Å². The van der Waals surface area contributed by atoms with Crippen molar-refractivity contribution in [3.05, 3.63) is 18.2 Å². The van der Waals surface area contributed by atoms with Crippen LogP contribution in [0.1, 0.15) is 19.3 Å². The second-order valence-corrected chi connectivity index (χ2v) is 4.69. The summed E-state index contributed by atoms with van der Waals surface area (Å²) >= 11 is 0. The molecule has 0 aliphatic carbocycles. The number of aromatic hydroxyl groups is 1. The first kappa shape index (κ1) is 11.8. The fraction of sp³-hybridized carbons (Fsp3) is 0.385. The molecule has 2 heterocycles. The average molecular weight is 260 g/mol. The van der Waals surface area contributed by atoms with Crippen LogP contribution in [0.25, 0.3) is 11.5 Å². The third-order valence-corrected chi connectivity index (χ3v) is 3.35. The minimum atomic E-state index is -0.0173. The van der Waals surface area contributed by atoms with Gasteiger partial charge in [0.15, 0.2) is 5.75 Å². The fourth-order valence-electron chi connectivity index (χ4n) is 2.28. The third kappa shape index (κ3) is 2.21. The Morgan fingerprint density at radius 3 is 2.79 bits per heavy atom. The van der Waals surface area contributed by atoms with E-state index in [4.69, 9.17) is 10.3 Å². The van der Waals surface area contributed by atoms with Gasteiger partial charge in [-0.1, -0.05) is 6.07 Å². The van der Waals surface area contributed by atoms with Gasteiger partial charge >= 0.3 is 0 Å². The Bertz CT molecular complexity index is 576. The number of piperidine rings is 1. The van der Waals surface area contributed by atoms with E-state index in [2.05, 4.69) is 15.0 Å². The van der Waals surface area contributed by atoms with Gasteiger partial charge < -0.3 is 20.3 Å². The molecule has 0 unspecified atom stereocenters. The van der Waals surface area contributed by atoms with Crippen molar-refractivity contribution in [2.75, 3.05) is 23.7 Å². The molecule has 0 saturated carbocycles. The number of para-hydroxylation sites is 1. The quantitative estimate of drug-likeness (QED) is 0.634. The van der Waals surface area contributed by atoms with Crippen LogP contribution in [-0.2, 0) is 0 Å². The summed E-state index contributed by atoms with van der Waals surface area (Å²) in [5.74, 6) is 0.859. The summed E-state index contributed by atoms with van der Waals surface area (Å²) in [6, 6.07) is 5.08. The molecule has 3 N–H and O–H groups in total. The van der Waals surface area contributed by atoms with E-state index < -0.39 is 0 Å². The Kier molecular flexibility index (Phi) is 2.98. The van der Waals surface area contributed by atoms with E-state index in [9.17, 15) is 5.11 Å². The van der Waals surface area contributed by atoms with Gasteiger partial charge in [0.1, 0.15) is 0 Å². The van der Waals surface area contributed by atoms with Gasteiger partial charge in [-0.15, -0.1) is 0 Å². The lowest BCUT2D eigenvalue weighted by Crippen LogP contribution is -2.30. The lowest BCUT2D eigenvalue weighted by atomic mass is 10.1. The van der Waals surface area contributed by atoms with Gasteiger partial charge in [-0.2, -0.15) is 4.98 Å². The van der Waals surface area contributed by atoms with Crippen LogP contribution >= 0.6 is 0 Å². The summed E-state index contributed by atoms with van der Waals surface area (Å²) in [6.07, 6.45) is 3.54. The summed E-state index contributed by atoms with van der Waals surface area (Å²) in [6.45, 7) is 1.89. The molecule has 2 aromatic rings. The largest absolute Gasteiger partial charge is 0.505 e. The molecule has 6 nitrogen and oxygen atoms in total. The van der Waals surface area contributed by atoms with Crippen molar-refractivity contribution in [3.8, 4) is 17.2 Å². The molecule has 0 bridgehead atoms. The number of benzene rings is 1. The Hall–Kier alpha value is -2.24. The van der Waals surface area contributed by atoms with Gasteiger partial charge in [-0.3, -0.25) is 0 Å². The van der Waals surface area contributed by atoms with Crippen LogP contribution in [0, 0.1) is 0 Å². The summed E-state index contributed by atoms with van der Waals surface area (Å²) in [5, 5.41) is 13.9. The molecule has 1 fully saturated rings. The lowest BCUT2D eigenvalue weighted by Gasteiger charge is -2.24.